The Morgan fingerprint density at radius 1 is 1.42 bits per heavy atom. The number of nitrogens with two attached hydrogens (primary N) is 1. The minimum absolute atomic E-state index is 0.252. The first kappa shape index (κ1) is 15.7. The molecule has 1 atom stereocenters. The summed E-state index contributed by atoms with van der Waals surface area (Å²) in [7, 11) is 2.00. The first-order valence-corrected chi connectivity index (χ1v) is 6.83. The Bertz CT molecular complexity index is 411. The molecule has 0 saturated heterocycles. The highest BCUT2D eigenvalue weighted by Crippen LogP contribution is 2.17. The van der Waals surface area contributed by atoms with E-state index < -0.39 is 0 Å². The molecule has 0 aliphatic rings. The van der Waals surface area contributed by atoms with Crippen LogP contribution >= 0.6 is 0 Å². The van der Waals surface area contributed by atoms with Crippen molar-refractivity contribution < 1.29 is 0 Å². The molecule has 108 valence electrons. The molecule has 3 N–H and O–H groups in total. The van der Waals surface area contributed by atoms with Crippen molar-refractivity contribution in [3.63, 3.8) is 0 Å². The van der Waals surface area contributed by atoms with E-state index in [-0.39, 0.29) is 5.54 Å². The smallest absolute Gasteiger partial charge is 0.134 e. The number of hydrogen-bond acceptors (Lipinski definition) is 5. The number of aryl methyl sites for hydroxylation is 1. The second kappa shape index (κ2) is 6.19. The topological polar surface area (TPSA) is 67.1 Å². The minimum Gasteiger partial charge on any atom is -0.367 e. The maximum atomic E-state index is 6.05. The maximum Gasteiger partial charge on any atom is 0.134 e. The lowest BCUT2D eigenvalue weighted by atomic mass is 10.1. The van der Waals surface area contributed by atoms with Crippen molar-refractivity contribution in [2.24, 2.45) is 5.73 Å². The van der Waals surface area contributed by atoms with Crippen LogP contribution in [-0.2, 0) is 0 Å². The molecule has 5 nitrogen and oxygen atoms in total. The highest BCUT2D eigenvalue weighted by molar-refractivity contribution is 5.49. The Hall–Kier alpha value is -1.36. The summed E-state index contributed by atoms with van der Waals surface area (Å²) in [5, 5.41) is 3.38. The molecule has 0 aromatic carbocycles. The van der Waals surface area contributed by atoms with Gasteiger partial charge < -0.3 is 16.0 Å². The Morgan fingerprint density at radius 3 is 2.58 bits per heavy atom. The average molecular weight is 265 g/mol. The molecule has 0 spiro atoms. The van der Waals surface area contributed by atoms with Crippen LogP contribution < -0.4 is 16.0 Å². The Kier molecular flexibility index (Phi) is 5.11. The highest BCUT2D eigenvalue weighted by atomic mass is 15.2. The van der Waals surface area contributed by atoms with Crippen LogP contribution in [0.25, 0.3) is 0 Å². The molecular weight excluding hydrogens is 238 g/mol. The van der Waals surface area contributed by atoms with Crippen LogP contribution in [0.1, 0.15) is 39.9 Å². The molecule has 19 heavy (non-hydrogen) atoms. The molecule has 0 aliphatic heterocycles. The SMILES string of the molecule is CCC(C)Nc1cc(N(C)CC(C)(C)N)nc(C)n1. The molecule has 1 aromatic heterocycles. The summed E-state index contributed by atoms with van der Waals surface area (Å²) in [6, 6.07) is 2.38. The molecule has 5 heteroatoms. The lowest BCUT2D eigenvalue weighted by molar-refractivity contribution is 0.517. The van der Waals surface area contributed by atoms with Gasteiger partial charge in [-0.2, -0.15) is 0 Å². The van der Waals surface area contributed by atoms with E-state index >= 15 is 0 Å². The second-order valence-corrected chi connectivity index (χ2v) is 5.96. The molecule has 1 aromatic rings. The molecule has 1 heterocycles. The van der Waals surface area contributed by atoms with Gasteiger partial charge in [-0.05, 0) is 34.1 Å². The van der Waals surface area contributed by atoms with Gasteiger partial charge in [0.25, 0.3) is 0 Å². The predicted molar refractivity (Wildman–Crippen MR) is 81.7 cm³/mol. The van der Waals surface area contributed by atoms with Crippen LogP contribution in [0, 0.1) is 6.92 Å². The van der Waals surface area contributed by atoms with Gasteiger partial charge in [0.2, 0.25) is 0 Å². The number of aromatic nitrogens is 2. The summed E-state index contributed by atoms with van der Waals surface area (Å²) < 4.78 is 0. The van der Waals surface area contributed by atoms with Crippen LogP contribution in [0.4, 0.5) is 11.6 Å². The lowest BCUT2D eigenvalue weighted by Gasteiger charge is -2.27. The number of nitrogens with one attached hydrogen (secondary N) is 1. The van der Waals surface area contributed by atoms with Crippen LogP contribution in [-0.4, -0.2) is 35.1 Å². The van der Waals surface area contributed by atoms with Gasteiger partial charge in [-0.25, -0.2) is 9.97 Å². The Balaban J connectivity index is 2.89. The Labute approximate surface area is 116 Å². The quantitative estimate of drug-likeness (QED) is 0.825. The molecule has 0 amide bonds. The van der Waals surface area contributed by atoms with Gasteiger partial charge in [-0.15, -0.1) is 0 Å². The van der Waals surface area contributed by atoms with Gasteiger partial charge in [-0.1, -0.05) is 6.92 Å². The van der Waals surface area contributed by atoms with Gasteiger partial charge in [0, 0.05) is 31.2 Å². The van der Waals surface area contributed by atoms with Crippen molar-refractivity contribution in [3.05, 3.63) is 11.9 Å². The van der Waals surface area contributed by atoms with Crippen LogP contribution in [0.3, 0.4) is 0 Å². The molecule has 0 radical (unpaired) electrons. The number of hydrogen-bond donors (Lipinski definition) is 2. The third-order valence-electron chi connectivity index (χ3n) is 2.87. The average Bonchev–Trinajstić information content (AvgIpc) is 2.25. The van der Waals surface area contributed by atoms with Gasteiger partial charge in [-0.3, -0.25) is 0 Å². The summed E-state index contributed by atoms with van der Waals surface area (Å²) in [5.74, 6) is 2.54. The van der Waals surface area contributed by atoms with Crippen molar-refractivity contribution in [2.45, 2.75) is 52.6 Å². The van der Waals surface area contributed by atoms with E-state index in [1.165, 1.54) is 0 Å². The molecule has 0 bridgehead atoms. The summed E-state index contributed by atoms with van der Waals surface area (Å²) >= 11 is 0. The lowest BCUT2D eigenvalue weighted by Crippen LogP contribution is -2.44. The number of likely N-dealkylation sites (N-methyl/N-ethyl adjacent to an activating group) is 1. The zero-order valence-electron chi connectivity index (χ0n) is 13.0. The normalized spacial score (nSPS) is 13.2. The van der Waals surface area contributed by atoms with E-state index in [1.54, 1.807) is 0 Å². The van der Waals surface area contributed by atoms with Gasteiger partial charge in [0.05, 0.1) is 0 Å². The molecule has 1 unspecified atom stereocenters. The fraction of sp³-hybridized carbons (Fsp3) is 0.714. The minimum atomic E-state index is -0.252. The van der Waals surface area contributed by atoms with Crippen LogP contribution in [0.15, 0.2) is 6.07 Å². The van der Waals surface area contributed by atoms with Crippen molar-refractivity contribution in [1.29, 1.82) is 0 Å². The predicted octanol–water partition coefficient (Wildman–Crippen LogP) is 2.17. The van der Waals surface area contributed by atoms with Crippen molar-refractivity contribution in [1.82, 2.24) is 9.97 Å². The summed E-state index contributed by atoms with van der Waals surface area (Å²) in [5.41, 5.74) is 5.80. The van der Waals surface area contributed by atoms with E-state index in [4.69, 9.17) is 5.73 Å². The second-order valence-electron chi connectivity index (χ2n) is 5.96. The van der Waals surface area contributed by atoms with E-state index in [0.717, 1.165) is 30.4 Å². The van der Waals surface area contributed by atoms with Gasteiger partial charge in [0.1, 0.15) is 17.5 Å². The zero-order chi connectivity index (χ0) is 14.6. The molecule has 0 aliphatic carbocycles. The standard InChI is InChI=1S/C14H27N5/c1-7-10(2)16-12-8-13(18-11(3)17-12)19(6)9-14(4,5)15/h8,10H,7,9,15H2,1-6H3,(H,16,17,18). The Morgan fingerprint density at radius 2 is 2.05 bits per heavy atom. The molecule has 0 saturated carbocycles. The third kappa shape index (κ3) is 5.42. The van der Waals surface area contributed by atoms with E-state index in [2.05, 4.69) is 34.0 Å². The molecular formula is C14H27N5. The fourth-order valence-electron chi connectivity index (χ4n) is 1.87. The summed E-state index contributed by atoms with van der Waals surface area (Å²) in [6.07, 6.45) is 1.06. The molecule has 1 rings (SSSR count). The van der Waals surface area contributed by atoms with Gasteiger partial charge >= 0.3 is 0 Å². The highest BCUT2D eigenvalue weighted by Gasteiger charge is 2.16. The van der Waals surface area contributed by atoms with Crippen molar-refractivity contribution in [3.8, 4) is 0 Å². The van der Waals surface area contributed by atoms with Crippen LogP contribution in [0.2, 0.25) is 0 Å². The fourth-order valence-corrected chi connectivity index (χ4v) is 1.87. The number of anilines is 2. The number of rotatable bonds is 6. The first-order valence-electron chi connectivity index (χ1n) is 6.83. The largest absolute Gasteiger partial charge is 0.367 e. The van der Waals surface area contributed by atoms with Gasteiger partial charge in [0.15, 0.2) is 0 Å². The monoisotopic (exact) mass is 265 g/mol. The van der Waals surface area contributed by atoms with Crippen molar-refractivity contribution >= 4 is 11.6 Å². The van der Waals surface area contributed by atoms with Crippen LogP contribution in [0.5, 0.6) is 0 Å². The summed E-state index contributed by atoms with van der Waals surface area (Å²) in [6.45, 7) is 11.0. The first-order chi connectivity index (χ1) is 8.71. The van der Waals surface area contributed by atoms with E-state index in [0.29, 0.717) is 6.04 Å². The third-order valence-corrected chi connectivity index (χ3v) is 2.87. The van der Waals surface area contributed by atoms with E-state index in [9.17, 15) is 0 Å². The number of nitrogens with zero attached hydrogens (tertiary/aromatic N) is 3. The summed E-state index contributed by atoms with van der Waals surface area (Å²) in [4.78, 5) is 11.0. The van der Waals surface area contributed by atoms with Crippen molar-refractivity contribution in [2.75, 3.05) is 23.8 Å². The molecule has 0 fully saturated rings. The zero-order valence-corrected chi connectivity index (χ0v) is 13.0. The maximum absolute atomic E-state index is 6.05. The van der Waals surface area contributed by atoms with E-state index in [1.807, 2.05) is 33.9 Å².